The zero-order chi connectivity index (χ0) is 14.7. The Hall–Kier alpha value is -2.08. The first-order valence-electron chi connectivity index (χ1n) is 7.17. The van der Waals surface area contributed by atoms with Crippen LogP contribution in [0, 0.1) is 0 Å². The first kappa shape index (κ1) is 13.9. The summed E-state index contributed by atoms with van der Waals surface area (Å²) in [6, 6.07) is 5.68. The number of methoxy groups -OCH3 is 1. The minimum absolute atomic E-state index is 0.0378. The second kappa shape index (κ2) is 6.13. The molecule has 1 aliphatic rings. The maximum Gasteiger partial charge on any atom is 0.181 e. The van der Waals surface area contributed by atoms with E-state index in [9.17, 15) is 0 Å². The normalized spacial score (nSPS) is 17.9. The quantitative estimate of drug-likeness (QED) is 0.916. The highest BCUT2D eigenvalue weighted by Gasteiger charge is 2.22. The summed E-state index contributed by atoms with van der Waals surface area (Å²) in [5.74, 6) is 2.83. The van der Waals surface area contributed by atoms with Gasteiger partial charge in [0.2, 0.25) is 0 Å². The Balaban J connectivity index is 1.86. The molecule has 21 heavy (non-hydrogen) atoms. The van der Waals surface area contributed by atoms with Crippen LogP contribution in [-0.4, -0.2) is 35.5 Å². The van der Waals surface area contributed by atoms with Gasteiger partial charge in [-0.3, -0.25) is 5.10 Å². The largest absolute Gasteiger partial charge is 0.493 e. The third-order valence-corrected chi connectivity index (χ3v) is 3.46. The fourth-order valence-electron chi connectivity index (χ4n) is 2.42. The van der Waals surface area contributed by atoms with Crippen molar-refractivity contribution >= 4 is 0 Å². The molecule has 0 saturated carbocycles. The monoisotopic (exact) mass is 289 g/mol. The van der Waals surface area contributed by atoms with Crippen LogP contribution < -0.4 is 9.47 Å². The topological polar surface area (TPSA) is 69.3 Å². The Bertz CT molecular complexity index is 606. The highest BCUT2D eigenvalue weighted by atomic mass is 16.5. The van der Waals surface area contributed by atoms with Gasteiger partial charge in [0.1, 0.15) is 6.10 Å². The highest BCUT2D eigenvalue weighted by Crippen LogP contribution is 2.32. The van der Waals surface area contributed by atoms with Gasteiger partial charge in [-0.15, -0.1) is 0 Å². The van der Waals surface area contributed by atoms with Gasteiger partial charge in [-0.1, -0.05) is 0 Å². The van der Waals surface area contributed by atoms with Crippen LogP contribution in [-0.2, 0) is 4.74 Å². The molecule has 2 heterocycles. The van der Waals surface area contributed by atoms with E-state index in [2.05, 4.69) is 15.2 Å². The van der Waals surface area contributed by atoms with E-state index in [0.29, 0.717) is 18.2 Å². The number of nitrogens with one attached hydrogen (secondary N) is 1. The molecule has 1 aromatic carbocycles. The molecule has 2 aromatic rings. The SMILES string of the molecule is CCOc1ccc(-c2n[nH]c([C@@H]3CCCO3)n2)cc1OC. The van der Waals surface area contributed by atoms with Crippen molar-refractivity contribution in [3.05, 3.63) is 24.0 Å². The number of rotatable bonds is 5. The standard InChI is InChI=1S/C15H19N3O3/c1-3-20-11-7-6-10(9-13(11)19-2)14-16-15(18-17-14)12-5-4-8-21-12/h6-7,9,12H,3-5,8H2,1-2H3,(H,16,17,18)/t12-/m0/s1. The zero-order valence-corrected chi connectivity index (χ0v) is 12.3. The number of benzene rings is 1. The molecule has 1 fully saturated rings. The van der Waals surface area contributed by atoms with Gasteiger partial charge in [0.05, 0.1) is 13.7 Å². The maximum atomic E-state index is 5.61. The van der Waals surface area contributed by atoms with Crippen molar-refractivity contribution in [1.29, 1.82) is 0 Å². The summed E-state index contributed by atoms with van der Waals surface area (Å²) in [6.45, 7) is 3.33. The molecule has 6 heteroatoms. The van der Waals surface area contributed by atoms with Crippen molar-refractivity contribution < 1.29 is 14.2 Å². The van der Waals surface area contributed by atoms with E-state index in [0.717, 1.165) is 36.6 Å². The second-order valence-electron chi connectivity index (χ2n) is 4.84. The maximum absolute atomic E-state index is 5.61. The number of aromatic nitrogens is 3. The van der Waals surface area contributed by atoms with E-state index < -0.39 is 0 Å². The molecule has 1 aliphatic heterocycles. The smallest absolute Gasteiger partial charge is 0.181 e. The van der Waals surface area contributed by atoms with Crippen molar-refractivity contribution in [2.75, 3.05) is 20.3 Å². The molecular formula is C15H19N3O3. The van der Waals surface area contributed by atoms with Crippen LogP contribution in [0.1, 0.15) is 31.7 Å². The van der Waals surface area contributed by atoms with Gasteiger partial charge in [-0.25, -0.2) is 4.98 Å². The van der Waals surface area contributed by atoms with Crippen LogP contribution in [0.4, 0.5) is 0 Å². The first-order chi connectivity index (χ1) is 10.3. The third kappa shape index (κ3) is 2.85. The number of aromatic amines is 1. The van der Waals surface area contributed by atoms with Crippen LogP contribution >= 0.6 is 0 Å². The van der Waals surface area contributed by atoms with Crippen LogP contribution in [0.5, 0.6) is 11.5 Å². The molecule has 0 amide bonds. The second-order valence-corrected chi connectivity index (χ2v) is 4.84. The zero-order valence-electron chi connectivity index (χ0n) is 12.3. The number of nitrogens with zero attached hydrogens (tertiary/aromatic N) is 2. The summed E-state index contributed by atoms with van der Waals surface area (Å²) in [6.07, 6.45) is 2.09. The van der Waals surface area contributed by atoms with Gasteiger partial charge in [0.25, 0.3) is 0 Å². The Labute approximate surface area is 123 Å². The molecule has 0 aliphatic carbocycles. The summed E-state index contributed by atoms with van der Waals surface area (Å²) in [5, 5.41) is 7.23. The van der Waals surface area contributed by atoms with Gasteiger partial charge in [-0.2, -0.15) is 5.10 Å². The molecule has 1 atom stereocenters. The molecular weight excluding hydrogens is 270 g/mol. The van der Waals surface area contributed by atoms with Gasteiger partial charge in [0.15, 0.2) is 23.1 Å². The van der Waals surface area contributed by atoms with Crippen molar-refractivity contribution in [3.63, 3.8) is 0 Å². The first-order valence-corrected chi connectivity index (χ1v) is 7.17. The van der Waals surface area contributed by atoms with Crippen molar-refractivity contribution in [2.24, 2.45) is 0 Å². The van der Waals surface area contributed by atoms with Crippen LogP contribution in [0.25, 0.3) is 11.4 Å². The average molecular weight is 289 g/mol. The summed E-state index contributed by atoms with van der Waals surface area (Å²) < 4.78 is 16.5. The van der Waals surface area contributed by atoms with Crippen LogP contribution in [0.2, 0.25) is 0 Å². The predicted octanol–water partition coefficient (Wildman–Crippen LogP) is 2.73. The summed E-state index contributed by atoms with van der Waals surface area (Å²) in [4.78, 5) is 4.53. The fourth-order valence-corrected chi connectivity index (χ4v) is 2.42. The van der Waals surface area contributed by atoms with E-state index in [1.165, 1.54) is 0 Å². The summed E-state index contributed by atoms with van der Waals surface area (Å²) >= 11 is 0. The Kier molecular flexibility index (Phi) is 4.06. The fraction of sp³-hybridized carbons (Fsp3) is 0.467. The van der Waals surface area contributed by atoms with Crippen molar-refractivity contribution in [1.82, 2.24) is 15.2 Å². The molecule has 1 aromatic heterocycles. The minimum Gasteiger partial charge on any atom is -0.493 e. The van der Waals surface area contributed by atoms with Crippen molar-refractivity contribution in [3.8, 4) is 22.9 Å². The summed E-state index contributed by atoms with van der Waals surface area (Å²) in [5.41, 5.74) is 0.885. The highest BCUT2D eigenvalue weighted by molar-refractivity contribution is 5.60. The summed E-state index contributed by atoms with van der Waals surface area (Å²) in [7, 11) is 1.62. The van der Waals surface area contributed by atoms with Gasteiger partial charge < -0.3 is 14.2 Å². The predicted molar refractivity (Wildman–Crippen MR) is 77.5 cm³/mol. The van der Waals surface area contributed by atoms with E-state index >= 15 is 0 Å². The molecule has 1 N–H and O–H groups in total. The van der Waals surface area contributed by atoms with E-state index in [-0.39, 0.29) is 6.10 Å². The molecule has 0 unspecified atom stereocenters. The van der Waals surface area contributed by atoms with E-state index in [4.69, 9.17) is 14.2 Å². The number of ether oxygens (including phenoxy) is 3. The van der Waals surface area contributed by atoms with E-state index in [1.807, 2.05) is 25.1 Å². The van der Waals surface area contributed by atoms with Gasteiger partial charge in [0, 0.05) is 12.2 Å². The van der Waals surface area contributed by atoms with Crippen LogP contribution in [0.3, 0.4) is 0 Å². The average Bonchev–Trinajstić information content (AvgIpc) is 3.19. The van der Waals surface area contributed by atoms with Crippen molar-refractivity contribution in [2.45, 2.75) is 25.9 Å². The number of H-pyrrole nitrogens is 1. The molecule has 0 radical (unpaired) electrons. The lowest BCUT2D eigenvalue weighted by Gasteiger charge is -2.09. The molecule has 6 nitrogen and oxygen atoms in total. The van der Waals surface area contributed by atoms with Crippen LogP contribution in [0.15, 0.2) is 18.2 Å². The van der Waals surface area contributed by atoms with E-state index in [1.54, 1.807) is 7.11 Å². The minimum atomic E-state index is 0.0378. The Morgan fingerprint density at radius 1 is 1.38 bits per heavy atom. The Morgan fingerprint density at radius 2 is 2.29 bits per heavy atom. The third-order valence-electron chi connectivity index (χ3n) is 3.46. The molecule has 112 valence electrons. The number of hydrogen-bond acceptors (Lipinski definition) is 5. The molecule has 0 spiro atoms. The molecule has 0 bridgehead atoms. The van der Waals surface area contributed by atoms with Gasteiger partial charge >= 0.3 is 0 Å². The lowest BCUT2D eigenvalue weighted by molar-refractivity contribution is 0.105. The lowest BCUT2D eigenvalue weighted by Crippen LogP contribution is -1.98. The number of hydrogen-bond donors (Lipinski definition) is 1. The van der Waals surface area contributed by atoms with Gasteiger partial charge in [-0.05, 0) is 38.0 Å². The molecule has 3 rings (SSSR count). The molecule has 1 saturated heterocycles. The Morgan fingerprint density at radius 3 is 3.00 bits per heavy atom. The lowest BCUT2D eigenvalue weighted by atomic mass is 10.2.